The summed E-state index contributed by atoms with van der Waals surface area (Å²) in [6.45, 7) is -0.0996. The van der Waals surface area contributed by atoms with Gasteiger partial charge in [-0.05, 0) is 17.7 Å². The lowest BCUT2D eigenvalue weighted by atomic mass is 10.1. The van der Waals surface area contributed by atoms with Gasteiger partial charge in [0.15, 0.2) is 12.4 Å². The summed E-state index contributed by atoms with van der Waals surface area (Å²) in [7, 11) is 3.54. The minimum absolute atomic E-state index is 0.0249. The summed E-state index contributed by atoms with van der Waals surface area (Å²) in [6, 6.07) is 4.91. The normalized spacial score (nSPS) is 10.4. The number of hydrogen-bond donors (Lipinski definition) is 1. The molecule has 0 amide bonds. The molecular formula is C14H15Cl2N5O2. The van der Waals surface area contributed by atoms with E-state index in [2.05, 4.69) is 15.0 Å². The molecule has 1 aromatic heterocycles. The van der Waals surface area contributed by atoms with Crippen molar-refractivity contribution in [3.8, 4) is 0 Å². The molecule has 0 fully saturated rings. The Bertz CT molecular complexity index is 724. The van der Waals surface area contributed by atoms with E-state index in [1.165, 1.54) is 0 Å². The van der Waals surface area contributed by atoms with Crippen LogP contribution >= 0.6 is 23.2 Å². The van der Waals surface area contributed by atoms with Crippen LogP contribution in [0.5, 0.6) is 0 Å². The maximum Gasteiger partial charge on any atom is 0.310 e. The summed E-state index contributed by atoms with van der Waals surface area (Å²) >= 11 is 11.8. The van der Waals surface area contributed by atoms with Crippen LogP contribution in [0.4, 0.5) is 11.9 Å². The first-order valence-electron chi connectivity index (χ1n) is 6.62. The number of hydrogen-bond acceptors (Lipinski definition) is 7. The number of esters is 1. The van der Waals surface area contributed by atoms with Crippen molar-refractivity contribution >= 4 is 41.1 Å². The maximum absolute atomic E-state index is 11.9. The van der Waals surface area contributed by atoms with Crippen LogP contribution in [0.3, 0.4) is 0 Å². The van der Waals surface area contributed by atoms with E-state index < -0.39 is 5.97 Å². The topological polar surface area (TPSA) is 94.2 Å². The number of anilines is 2. The van der Waals surface area contributed by atoms with Crippen molar-refractivity contribution in [1.29, 1.82) is 0 Å². The highest BCUT2D eigenvalue weighted by atomic mass is 35.5. The van der Waals surface area contributed by atoms with E-state index in [1.54, 1.807) is 37.2 Å². The van der Waals surface area contributed by atoms with Crippen LogP contribution in [0.2, 0.25) is 10.0 Å². The molecule has 23 heavy (non-hydrogen) atoms. The van der Waals surface area contributed by atoms with Crippen molar-refractivity contribution in [2.45, 2.75) is 13.0 Å². The highest BCUT2D eigenvalue weighted by Gasteiger charge is 2.12. The Morgan fingerprint density at radius 1 is 1.26 bits per heavy atom. The van der Waals surface area contributed by atoms with Crippen LogP contribution in [-0.4, -0.2) is 35.0 Å². The Morgan fingerprint density at radius 3 is 2.65 bits per heavy atom. The third-order valence-corrected chi connectivity index (χ3v) is 3.39. The summed E-state index contributed by atoms with van der Waals surface area (Å²) in [6.07, 6.45) is 0.0249. The van der Waals surface area contributed by atoms with Crippen LogP contribution in [0, 0.1) is 0 Å². The summed E-state index contributed by atoms with van der Waals surface area (Å²) < 4.78 is 5.15. The Hall–Kier alpha value is -2.12. The monoisotopic (exact) mass is 355 g/mol. The Kier molecular flexibility index (Phi) is 5.57. The van der Waals surface area contributed by atoms with Gasteiger partial charge in [0, 0.05) is 24.1 Å². The fraction of sp³-hybridized carbons (Fsp3) is 0.286. The summed E-state index contributed by atoms with van der Waals surface area (Å²) in [5, 5.41) is 0.915. The third kappa shape index (κ3) is 4.94. The van der Waals surface area contributed by atoms with Gasteiger partial charge in [0.2, 0.25) is 11.9 Å². The van der Waals surface area contributed by atoms with Crippen molar-refractivity contribution in [2.24, 2.45) is 0 Å². The number of aromatic nitrogens is 3. The van der Waals surface area contributed by atoms with Gasteiger partial charge in [-0.3, -0.25) is 4.79 Å². The molecular weight excluding hydrogens is 341 g/mol. The SMILES string of the molecule is CN(C)c1nc(N)nc(COC(=O)Cc2ccc(Cl)cc2Cl)n1. The second kappa shape index (κ2) is 7.43. The number of ether oxygens (including phenoxy) is 1. The number of benzene rings is 1. The molecule has 7 nitrogen and oxygen atoms in total. The molecule has 2 rings (SSSR count). The van der Waals surface area contributed by atoms with Gasteiger partial charge in [-0.25, -0.2) is 0 Å². The number of nitrogens with zero attached hydrogens (tertiary/aromatic N) is 4. The zero-order valence-electron chi connectivity index (χ0n) is 12.6. The molecule has 0 aliphatic rings. The molecule has 9 heteroatoms. The molecule has 0 atom stereocenters. The van der Waals surface area contributed by atoms with Crippen LogP contribution < -0.4 is 10.6 Å². The first kappa shape index (κ1) is 17.2. The molecule has 0 bridgehead atoms. The molecule has 0 saturated heterocycles. The van der Waals surface area contributed by atoms with Gasteiger partial charge in [0.05, 0.1) is 6.42 Å². The van der Waals surface area contributed by atoms with Gasteiger partial charge in [-0.15, -0.1) is 0 Å². The second-order valence-electron chi connectivity index (χ2n) is 4.88. The molecule has 0 radical (unpaired) electrons. The molecule has 122 valence electrons. The molecule has 2 aromatic rings. The molecule has 0 spiro atoms. The van der Waals surface area contributed by atoms with Crippen molar-refractivity contribution < 1.29 is 9.53 Å². The number of carbonyl (C=O) groups is 1. The van der Waals surface area contributed by atoms with Crippen LogP contribution in [0.1, 0.15) is 11.4 Å². The maximum atomic E-state index is 11.9. The van der Waals surface area contributed by atoms with E-state index in [1.807, 2.05) is 0 Å². The average molecular weight is 356 g/mol. The van der Waals surface area contributed by atoms with E-state index >= 15 is 0 Å². The van der Waals surface area contributed by atoms with Crippen molar-refractivity contribution in [3.05, 3.63) is 39.6 Å². The highest BCUT2D eigenvalue weighted by Crippen LogP contribution is 2.21. The Morgan fingerprint density at radius 2 is 2.00 bits per heavy atom. The average Bonchev–Trinajstić information content (AvgIpc) is 2.47. The Balaban J connectivity index is 1.99. The van der Waals surface area contributed by atoms with Gasteiger partial charge in [-0.2, -0.15) is 15.0 Å². The molecule has 0 aliphatic carbocycles. The number of nitrogen functional groups attached to an aromatic ring is 1. The van der Waals surface area contributed by atoms with Gasteiger partial charge in [0.25, 0.3) is 0 Å². The standard InChI is InChI=1S/C14H15Cl2N5O2/c1-21(2)14-19-11(18-13(17)20-14)7-23-12(22)5-8-3-4-9(15)6-10(8)16/h3-4,6H,5,7H2,1-2H3,(H2,17,18,19,20). The van der Waals surface area contributed by atoms with E-state index in [-0.39, 0.29) is 24.8 Å². The molecule has 1 aromatic carbocycles. The largest absolute Gasteiger partial charge is 0.457 e. The summed E-state index contributed by atoms with van der Waals surface area (Å²) in [4.78, 5) is 25.6. The lowest BCUT2D eigenvalue weighted by Crippen LogP contribution is -2.17. The number of halogens is 2. The lowest BCUT2D eigenvalue weighted by Gasteiger charge is -2.11. The van der Waals surface area contributed by atoms with Gasteiger partial charge >= 0.3 is 5.97 Å². The highest BCUT2D eigenvalue weighted by molar-refractivity contribution is 6.35. The van der Waals surface area contributed by atoms with E-state index in [4.69, 9.17) is 33.7 Å². The predicted molar refractivity (Wildman–Crippen MR) is 88.5 cm³/mol. The first-order valence-corrected chi connectivity index (χ1v) is 7.38. The second-order valence-corrected chi connectivity index (χ2v) is 5.72. The van der Waals surface area contributed by atoms with Crippen molar-refractivity contribution in [3.63, 3.8) is 0 Å². The summed E-state index contributed by atoms with van der Waals surface area (Å²) in [5.74, 6) is 0.274. The zero-order chi connectivity index (χ0) is 17.0. The molecule has 2 N–H and O–H groups in total. The fourth-order valence-corrected chi connectivity index (χ4v) is 2.18. The lowest BCUT2D eigenvalue weighted by molar-refractivity contribution is -0.144. The van der Waals surface area contributed by atoms with Crippen LogP contribution in [0.25, 0.3) is 0 Å². The molecule has 0 aliphatic heterocycles. The van der Waals surface area contributed by atoms with E-state index in [9.17, 15) is 4.79 Å². The minimum Gasteiger partial charge on any atom is -0.457 e. The van der Waals surface area contributed by atoms with Gasteiger partial charge in [-0.1, -0.05) is 29.3 Å². The third-order valence-electron chi connectivity index (χ3n) is 2.80. The molecule has 0 saturated carbocycles. The van der Waals surface area contributed by atoms with E-state index in [0.717, 1.165) is 0 Å². The van der Waals surface area contributed by atoms with Gasteiger partial charge < -0.3 is 15.4 Å². The predicted octanol–water partition coefficient (Wildman–Crippen LogP) is 2.11. The summed E-state index contributed by atoms with van der Waals surface area (Å²) in [5.41, 5.74) is 6.23. The van der Waals surface area contributed by atoms with Crippen molar-refractivity contribution in [2.75, 3.05) is 24.7 Å². The van der Waals surface area contributed by atoms with Crippen LogP contribution in [0.15, 0.2) is 18.2 Å². The molecule has 0 unspecified atom stereocenters. The number of rotatable bonds is 5. The molecule has 1 heterocycles. The van der Waals surface area contributed by atoms with Crippen LogP contribution in [-0.2, 0) is 22.6 Å². The van der Waals surface area contributed by atoms with E-state index in [0.29, 0.717) is 21.6 Å². The quantitative estimate of drug-likeness (QED) is 0.820. The first-order chi connectivity index (χ1) is 10.8. The zero-order valence-corrected chi connectivity index (χ0v) is 14.1. The smallest absolute Gasteiger partial charge is 0.310 e. The minimum atomic E-state index is -0.459. The number of nitrogens with two attached hydrogens (primary N) is 1. The Labute approximate surface area is 143 Å². The number of carbonyl (C=O) groups excluding carboxylic acids is 1. The van der Waals surface area contributed by atoms with Gasteiger partial charge in [0.1, 0.15) is 0 Å². The fourth-order valence-electron chi connectivity index (χ4n) is 1.71. The van der Waals surface area contributed by atoms with Crippen molar-refractivity contribution in [1.82, 2.24) is 15.0 Å².